The van der Waals surface area contributed by atoms with Crippen LogP contribution in [0.15, 0.2) is 48.5 Å². The van der Waals surface area contributed by atoms with Gasteiger partial charge in [-0.3, -0.25) is 4.79 Å². The standard InChI is InChI=1S/C20H20FN5O/c21-15-5-3-4-13(8-15)20-16-10-22-9-14(16)11-25(20)19(27)12-26-23-17-6-1-2-7-18(17)24-26/h1-8,14,16,20,22H,9-12H2/t14-,16-,20+/m0/s1. The van der Waals surface area contributed by atoms with Gasteiger partial charge in [-0.05, 0) is 35.7 Å². The Morgan fingerprint density at radius 1 is 1.11 bits per heavy atom. The summed E-state index contributed by atoms with van der Waals surface area (Å²) < 4.78 is 13.8. The summed E-state index contributed by atoms with van der Waals surface area (Å²) in [6.07, 6.45) is 0. The van der Waals surface area contributed by atoms with Gasteiger partial charge in [0.25, 0.3) is 0 Å². The van der Waals surface area contributed by atoms with E-state index in [1.165, 1.54) is 10.9 Å². The van der Waals surface area contributed by atoms with Gasteiger partial charge in [-0.2, -0.15) is 15.0 Å². The van der Waals surface area contributed by atoms with E-state index in [1.807, 2.05) is 35.2 Å². The van der Waals surface area contributed by atoms with Gasteiger partial charge in [-0.1, -0.05) is 24.3 Å². The average Bonchev–Trinajstić information content (AvgIpc) is 3.34. The molecule has 2 aliphatic rings. The van der Waals surface area contributed by atoms with Crippen LogP contribution in [-0.2, 0) is 11.3 Å². The first-order valence-corrected chi connectivity index (χ1v) is 9.24. The summed E-state index contributed by atoms with van der Waals surface area (Å²) in [4.78, 5) is 16.5. The van der Waals surface area contributed by atoms with Gasteiger partial charge >= 0.3 is 0 Å². The summed E-state index contributed by atoms with van der Waals surface area (Å²) >= 11 is 0. The van der Waals surface area contributed by atoms with E-state index in [1.54, 1.807) is 12.1 Å². The van der Waals surface area contributed by atoms with Gasteiger partial charge in [0.2, 0.25) is 5.91 Å². The summed E-state index contributed by atoms with van der Waals surface area (Å²) in [5.74, 6) is 0.403. The molecule has 2 aromatic carbocycles. The topological polar surface area (TPSA) is 63.1 Å². The first kappa shape index (κ1) is 16.4. The second-order valence-electron chi connectivity index (χ2n) is 7.35. The molecule has 138 valence electrons. The minimum atomic E-state index is -0.269. The zero-order valence-electron chi connectivity index (χ0n) is 14.8. The van der Waals surface area contributed by atoms with Crippen LogP contribution in [0.2, 0.25) is 0 Å². The maximum Gasteiger partial charge on any atom is 0.246 e. The molecule has 27 heavy (non-hydrogen) atoms. The Morgan fingerprint density at radius 2 is 1.89 bits per heavy atom. The molecule has 1 aromatic heterocycles. The highest BCUT2D eigenvalue weighted by molar-refractivity contribution is 5.78. The van der Waals surface area contributed by atoms with Gasteiger partial charge in [-0.25, -0.2) is 4.39 Å². The predicted molar refractivity (Wildman–Crippen MR) is 98.2 cm³/mol. The molecule has 2 fully saturated rings. The van der Waals surface area contributed by atoms with Crippen molar-refractivity contribution in [3.05, 3.63) is 59.9 Å². The number of carbonyl (C=O) groups excluding carboxylic acids is 1. The number of rotatable bonds is 3. The minimum absolute atomic E-state index is 0.0287. The van der Waals surface area contributed by atoms with Gasteiger partial charge in [0.1, 0.15) is 23.4 Å². The Balaban J connectivity index is 1.43. The fraction of sp³-hybridized carbons (Fsp3) is 0.350. The van der Waals surface area contributed by atoms with Crippen LogP contribution >= 0.6 is 0 Å². The van der Waals surface area contributed by atoms with E-state index in [2.05, 4.69) is 15.5 Å². The quantitative estimate of drug-likeness (QED) is 0.771. The molecule has 0 aliphatic carbocycles. The molecule has 0 spiro atoms. The van der Waals surface area contributed by atoms with E-state index in [0.29, 0.717) is 18.4 Å². The number of benzene rings is 2. The minimum Gasteiger partial charge on any atom is -0.333 e. The van der Waals surface area contributed by atoms with Crippen LogP contribution in [0.4, 0.5) is 4.39 Å². The van der Waals surface area contributed by atoms with Gasteiger partial charge in [-0.15, -0.1) is 0 Å². The lowest BCUT2D eigenvalue weighted by Gasteiger charge is -2.28. The number of aromatic nitrogens is 3. The normalized spacial score (nSPS) is 24.5. The molecule has 1 N–H and O–H groups in total. The highest BCUT2D eigenvalue weighted by Crippen LogP contribution is 2.42. The third kappa shape index (κ3) is 2.88. The second kappa shape index (κ2) is 6.42. The fourth-order valence-corrected chi connectivity index (χ4v) is 4.48. The molecular formula is C20H20FN5O. The number of likely N-dealkylation sites (tertiary alicyclic amines) is 1. The van der Waals surface area contributed by atoms with Crippen molar-refractivity contribution in [3.63, 3.8) is 0 Å². The van der Waals surface area contributed by atoms with Crippen molar-refractivity contribution < 1.29 is 9.18 Å². The van der Waals surface area contributed by atoms with E-state index in [9.17, 15) is 9.18 Å². The van der Waals surface area contributed by atoms with Crippen molar-refractivity contribution in [3.8, 4) is 0 Å². The summed E-state index contributed by atoms with van der Waals surface area (Å²) in [7, 11) is 0. The van der Waals surface area contributed by atoms with E-state index in [0.717, 1.165) is 29.7 Å². The van der Waals surface area contributed by atoms with E-state index in [4.69, 9.17) is 0 Å². The average molecular weight is 365 g/mol. The fourth-order valence-electron chi connectivity index (χ4n) is 4.48. The Hall–Kier alpha value is -2.80. The first-order valence-electron chi connectivity index (χ1n) is 9.24. The van der Waals surface area contributed by atoms with Crippen molar-refractivity contribution in [2.45, 2.75) is 12.6 Å². The first-order chi connectivity index (χ1) is 13.2. The van der Waals surface area contributed by atoms with Crippen molar-refractivity contribution in [1.82, 2.24) is 25.2 Å². The van der Waals surface area contributed by atoms with Crippen LogP contribution in [-0.4, -0.2) is 45.4 Å². The molecule has 6 nitrogen and oxygen atoms in total. The molecule has 0 radical (unpaired) electrons. The number of carbonyl (C=O) groups is 1. The Bertz CT molecular complexity index is 970. The van der Waals surface area contributed by atoms with Crippen LogP contribution in [0, 0.1) is 17.7 Å². The summed E-state index contributed by atoms with van der Waals surface area (Å²) in [5.41, 5.74) is 2.40. The number of nitrogens with zero attached hydrogens (tertiary/aromatic N) is 4. The molecular weight excluding hydrogens is 345 g/mol. The third-order valence-corrected chi connectivity index (χ3v) is 5.68. The maximum absolute atomic E-state index is 13.8. The Morgan fingerprint density at radius 3 is 2.63 bits per heavy atom. The second-order valence-corrected chi connectivity index (χ2v) is 7.35. The monoisotopic (exact) mass is 365 g/mol. The lowest BCUT2D eigenvalue weighted by Crippen LogP contribution is -2.37. The zero-order chi connectivity index (χ0) is 18.4. The molecule has 3 aromatic rings. The highest BCUT2D eigenvalue weighted by Gasteiger charge is 2.46. The largest absolute Gasteiger partial charge is 0.333 e. The van der Waals surface area contributed by atoms with Crippen LogP contribution in [0.1, 0.15) is 11.6 Å². The lowest BCUT2D eigenvalue weighted by molar-refractivity contribution is -0.133. The molecule has 0 saturated carbocycles. The molecule has 0 unspecified atom stereocenters. The Kier molecular flexibility index (Phi) is 3.89. The summed E-state index contributed by atoms with van der Waals surface area (Å²) in [5, 5.41) is 12.2. The Labute approximate surface area is 156 Å². The molecule has 1 amide bonds. The highest BCUT2D eigenvalue weighted by atomic mass is 19.1. The van der Waals surface area contributed by atoms with Crippen LogP contribution in [0.5, 0.6) is 0 Å². The van der Waals surface area contributed by atoms with Crippen molar-refractivity contribution >= 4 is 16.9 Å². The van der Waals surface area contributed by atoms with Gasteiger partial charge < -0.3 is 10.2 Å². The molecule has 3 heterocycles. The zero-order valence-corrected chi connectivity index (χ0v) is 14.8. The molecule has 2 saturated heterocycles. The van der Waals surface area contributed by atoms with E-state index >= 15 is 0 Å². The number of fused-ring (bicyclic) bond motifs is 2. The number of amides is 1. The van der Waals surface area contributed by atoms with Gasteiger partial charge in [0.15, 0.2) is 0 Å². The summed E-state index contributed by atoms with van der Waals surface area (Å²) in [6.45, 7) is 2.51. The number of hydrogen-bond donors (Lipinski definition) is 1. The van der Waals surface area contributed by atoms with Gasteiger partial charge in [0.05, 0.1) is 6.04 Å². The molecule has 5 rings (SSSR count). The molecule has 2 aliphatic heterocycles. The molecule has 3 atom stereocenters. The predicted octanol–water partition coefficient (Wildman–Crippen LogP) is 1.99. The summed E-state index contributed by atoms with van der Waals surface area (Å²) in [6, 6.07) is 14.1. The van der Waals surface area contributed by atoms with E-state index in [-0.39, 0.29) is 24.3 Å². The molecule has 7 heteroatoms. The van der Waals surface area contributed by atoms with Gasteiger partial charge in [0, 0.05) is 25.6 Å². The lowest BCUT2D eigenvalue weighted by atomic mass is 9.89. The van der Waals surface area contributed by atoms with Crippen LogP contribution in [0.3, 0.4) is 0 Å². The smallest absolute Gasteiger partial charge is 0.246 e. The van der Waals surface area contributed by atoms with Crippen LogP contribution in [0.25, 0.3) is 11.0 Å². The SMILES string of the molecule is O=C(Cn1nc2ccccc2n1)N1C[C@@H]2CNC[C@@H]2[C@H]1c1cccc(F)c1. The maximum atomic E-state index is 13.8. The third-order valence-electron chi connectivity index (χ3n) is 5.68. The number of nitrogens with one attached hydrogen (secondary N) is 1. The number of halogens is 1. The van der Waals surface area contributed by atoms with Crippen molar-refractivity contribution in [1.29, 1.82) is 0 Å². The van der Waals surface area contributed by atoms with Crippen molar-refractivity contribution in [2.75, 3.05) is 19.6 Å². The van der Waals surface area contributed by atoms with Crippen molar-refractivity contribution in [2.24, 2.45) is 11.8 Å². The van der Waals surface area contributed by atoms with Crippen LogP contribution < -0.4 is 5.32 Å². The molecule has 0 bridgehead atoms. The van der Waals surface area contributed by atoms with E-state index < -0.39 is 0 Å². The number of hydrogen-bond acceptors (Lipinski definition) is 4.